The van der Waals surface area contributed by atoms with E-state index in [1.54, 1.807) is 18.2 Å². The number of furan rings is 1. The number of hydrogen-bond acceptors (Lipinski definition) is 2. The highest BCUT2D eigenvalue weighted by Crippen LogP contribution is 2.30. The number of hydrogen-bond donors (Lipinski definition) is 0. The number of rotatable bonds is 2. The van der Waals surface area contributed by atoms with E-state index >= 15 is 0 Å². The van der Waals surface area contributed by atoms with Gasteiger partial charge in [-0.05, 0) is 17.7 Å². The number of carbonyl (C=O) groups excluding carboxylic acids is 1. The second kappa shape index (κ2) is 3.62. The van der Waals surface area contributed by atoms with Crippen molar-refractivity contribution in [1.29, 1.82) is 0 Å². The van der Waals surface area contributed by atoms with E-state index < -0.39 is 12.2 Å². The van der Waals surface area contributed by atoms with Gasteiger partial charge in [-0.15, -0.1) is 0 Å². The van der Waals surface area contributed by atoms with E-state index in [1.807, 2.05) is 0 Å². The van der Waals surface area contributed by atoms with Gasteiger partial charge in [0.25, 0.3) is 0 Å². The summed E-state index contributed by atoms with van der Waals surface area (Å²) in [5.41, 5.74) is 0.0776. The lowest BCUT2D eigenvalue weighted by atomic mass is 10.1. The fourth-order valence-electron chi connectivity index (χ4n) is 1.35. The minimum absolute atomic E-state index is 0.248. The van der Waals surface area contributed by atoms with Crippen LogP contribution in [0.1, 0.15) is 10.4 Å². The van der Waals surface area contributed by atoms with Crippen molar-refractivity contribution in [3.63, 3.8) is 0 Å². The topological polar surface area (TPSA) is 30.2 Å². The Bertz CT molecular complexity index is 519. The van der Waals surface area contributed by atoms with Gasteiger partial charge in [-0.25, -0.2) is 8.78 Å². The first kappa shape index (κ1) is 10.1. The minimum atomic E-state index is -3.08. The fraction of sp³-hybridized carbons (Fsp3) is 0.100. The molecule has 0 aliphatic carbocycles. The molecule has 0 bridgehead atoms. The lowest BCUT2D eigenvalue weighted by Crippen LogP contribution is -2.09. The van der Waals surface area contributed by atoms with Crippen LogP contribution in [0.3, 0.4) is 0 Å². The molecule has 2 nitrogen and oxygen atoms in total. The zero-order valence-electron chi connectivity index (χ0n) is 7.34. The van der Waals surface area contributed by atoms with Gasteiger partial charge >= 0.3 is 6.43 Å². The molecule has 15 heavy (non-hydrogen) atoms. The van der Waals surface area contributed by atoms with E-state index in [4.69, 9.17) is 16.0 Å². The first-order valence-corrected chi connectivity index (χ1v) is 4.48. The highest BCUT2D eigenvalue weighted by Gasteiger charge is 2.26. The van der Waals surface area contributed by atoms with Crippen molar-refractivity contribution < 1.29 is 18.0 Å². The number of carbonyl (C=O) groups is 1. The lowest BCUT2D eigenvalue weighted by Gasteiger charge is -1.96. The van der Waals surface area contributed by atoms with Crippen LogP contribution in [-0.4, -0.2) is 12.2 Å². The predicted molar refractivity (Wildman–Crippen MR) is 51.6 cm³/mol. The molecule has 0 atom stereocenters. The van der Waals surface area contributed by atoms with Crippen molar-refractivity contribution in [3.05, 3.63) is 35.0 Å². The summed E-state index contributed by atoms with van der Waals surface area (Å²) in [6, 6.07) is 6.36. The molecule has 0 aliphatic heterocycles. The van der Waals surface area contributed by atoms with E-state index in [0.29, 0.717) is 11.0 Å². The molecule has 1 heterocycles. The van der Waals surface area contributed by atoms with Crippen molar-refractivity contribution in [2.45, 2.75) is 6.43 Å². The van der Waals surface area contributed by atoms with Crippen LogP contribution in [0, 0.1) is 0 Å². The quantitative estimate of drug-likeness (QED) is 0.739. The van der Waals surface area contributed by atoms with E-state index in [-0.39, 0.29) is 10.8 Å². The van der Waals surface area contributed by atoms with Gasteiger partial charge in [0.1, 0.15) is 5.58 Å². The predicted octanol–water partition coefficient (Wildman–Crippen LogP) is 3.53. The summed E-state index contributed by atoms with van der Waals surface area (Å²) in [5.74, 6) is -1.31. The number of ketones is 1. The fourth-order valence-corrected chi connectivity index (χ4v) is 1.63. The Morgan fingerprint density at radius 3 is 2.67 bits per heavy atom. The summed E-state index contributed by atoms with van der Waals surface area (Å²) in [7, 11) is 0. The van der Waals surface area contributed by atoms with Crippen molar-refractivity contribution >= 4 is 28.4 Å². The second-order valence-corrected chi connectivity index (χ2v) is 3.26. The summed E-state index contributed by atoms with van der Waals surface area (Å²) in [6.07, 6.45) is -3.08. The maximum absolute atomic E-state index is 12.2. The first-order valence-electron chi connectivity index (χ1n) is 4.10. The number of fused-ring (bicyclic) bond motifs is 1. The van der Waals surface area contributed by atoms with E-state index in [1.165, 1.54) is 6.07 Å². The molecule has 0 unspecified atom stereocenters. The van der Waals surface area contributed by atoms with Crippen LogP contribution >= 0.6 is 11.6 Å². The number of benzene rings is 1. The lowest BCUT2D eigenvalue weighted by molar-refractivity contribution is 0.0680. The highest BCUT2D eigenvalue weighted by atomic mass is 35.5. The van der Waals surface area contributed by atoms with Crippen LogP contribution in [0.4, 0.5) is 8.78 Å². The summed E-state index contributed by atoms with van der Waals surface area (Å²) in [5, 5.41) is 0.0225. The van der Waals surface area contributed by atoms with Gasteiger partial charge in [0.05, 0.1) is 5.56 Å². The van der Waals surface area contributed by atoms with E-state index in [0.717, 1.165) is 0 Å². The SMILES string of the molecule is O=C(c1c(Cl)oc2ccccc12)C(F)F. The molecule has 0 N–H and O–H groups in total. The summed E-state index contributed by atoms with van der Waals surface area (Å²) < 4.78 is 29.5. The molecule has 1 aromatic carbocycles. The normalized spacial score (nSPS) is 11.2. The number of halogens is 3. The van der Waals surface area contributed by atoms with Crippen molar-refractivity contribution in [2.75, 3.05) is 0 Å². The third-order valence-electron chi connectivity index (χ3n) is 2.00. The van der Waals surface area contributed by atoms with Crippen LogP contribution in [0.5, 0.6) is 0 Å². The molecule has 0 aliphatic rings. The zero-order chi connectivity index (χ0) is 11.0. The average Bonchev–Trinajstić information content (AvgIpc) is 2.52. The summed E-state index contributed by atoms with van der Waals surface area (Å²) in [4.78, 5) is 11.1. The van der Waals surface area contributed by atoms with Gasteiger partial charge < -0.3 is 4.42 Å². The molecular weight excluding hydrogens is 226 g/mol. The summed E-state index contributed by atoms with van der Waals surface area (Å²) in [6.45, 7) is 0. The maximum atomic E-state index is 12.2. The Kier molecular flexibility index (Phi) is 2.44. The first-order chi connectivity index (χ1) is 7.11. The molecular formula is C10H5ClF2O2. The summed E-state index contributed by atoms with van der Waals surface area (Å²) >= 11 is 5.59. The molecule has 0 radical (unpaired) electrons. The van der Waals surface area contributed by atoms with Crippen LogP contribution in [0.2, 0.25) is 5.22 Å². The second-order valence-electron chi connectivity index (χ2n) is 2.91. The van der Waals surface area contributed by atoms with Crippen LogP contribution in [-0.2, 0) is 0 Å². The van der Waals surface area contributed by atoms with Crippen molar-refractivity contribution in [2.24, 2.45) is 0 Å². The molecule has 2 rings (SSSR count). The molecule has 5 heteroatoms. The minimum Gasteiger partial charge on any atom is -0.444 e. The molecule has 0 saturated heterocycles. The van der Waals surface area contributed by atoms with Gasteiger partial charge in [0, 0.05) is 5.39 Å². The Hall–Kier alpha value is -1.42. The smallest absolute Gasteiger partial charge is 0.300 e. The van der Waals surface area contributed by atoms with Crippen LogP contribution in [0.15, 0.2) is 28.7 Å². The Morgan fingerprint density at radius 1 is 1.33 bits per heavy atom. The molecule has 0 spiro atoms. The molecule has 0 fully saturated rings. The van der Waals surface area contributed by atoms with Crippen molar-refractivity contribution in [1.82, 2.24) is 0 Å². The third kappa shape index (κ3) is 1.61. The Labute approximate surface area is 88.4 Å². The maximum Gasteiger partial charge on any atom is 0.300 e. The van der Waals surface area contributed by atoms with Gasteiger partial charge in [-0.3, -0.25) is 4.79 Å². The molecule has 0 amide bonds. The molecule has 1 aromatic heterocycles. The van der Waals surface area contributed by atoms with Gasteiger partial charge in [0.2, 0.25) is 11.0 Å². The van der Waals surface area contributed by atoms with Crippen molar-refractivity contribution in [3.8, 4) is 0 Å². The Morgan fingerprint density at radius 2 is 2.00 bits per heavy atom. The average molecular weight is 231 g/mol. The van der Waals surface area contributed by atoms with Gasteiger partial charge in [-0.1, -0.05) is 18.2 Å². The van der Waals surface area contributed by atoms with Crippen LogP contribution in [0.25, 0.3) is 11.0 Å². The number of alkyl halides is 2. The Balaban J connectivity index is 2.69. The monoisotopic (exact) mass is 230 g/mol. The zero-order valence-corrected chi connectivity index (χ0v) is 8.09. The number of para-hydroxylation sites is 1. The highest BCUT2D eigenvalue weighted by molar-refractivity contribution is 6.34. The van der Waals surface area contributed by atoms with Crippen LogP contribution < -0.4 is 0 Å². The third-order valence-corrected chi connectivity index (χ3v) is 2.26. The molecule has 0 saturated carbocycles. The largest absolute Gasteiger partial charge is 0.444 e. The molecule has 2 aromatic rings. The van der Waals surface area contributed by atoms with Gasteiger partial charge in [-0.2, -0.15) is 0 Å². The van der Waals surface area contributed by atoms with E-state index in [2.05, 4.69) is 0 Å². The standard InChI is InChI=1S/C10H5ClF2O2/c11-9-7(8(14)10(12)13)5-3-1-2-4-6(5)15-9/h1-4,10H. The number of Topliss-reactive ketones (excluding diaryl/α,β-unsaturated/α-hetero) is 1. The van der Waals surface area contributed by atoms with E-state index in [9.17, 15) is 13.6 Å². The molecule has 78 valence electrons. The van der Waals surface area contributed by atoms with Gasteiger partial charge in [0.15, 0.2) is 0 Å².